The largest absolute Gasteiger partial charge is 0.419 e. The van der Waals surface area contributed by atoms with Gasteiger partial charge in [0.25, 0.3) is 11.8 Å². The number of aromatic nitrogens is 1. The summed E-state index contributed by atoms with van der Waals surface area (Å²) < 4.78 is 56.0. The molecule has 1 atom stereocenters. The molecule has 1 aliphatic heterocycles. The van der Waals surface area contributed by atoms with Crippen LogP contribution < -0.4 is 15.1 Å². The highest BCUT2D eigenvalue weighted by Crippen LogP contribution is 2.50. The van der Waals surface area contributed by atoms with E-state index in [1.165, 1.54) is 18.2 Å². The smallest absolute Gasteiger partial charge is 0.352 e. The van der Waals surface area contributed by atoms with Gasteiger partial charge in [0.2, 0.25) is 0 Å². The van der Waals surface area contributed by atoms with E-state index in [1.807, 2.05) is 30.3 Å². The third-order valence-electron chi connectivity index (χ3n) is 7.30. The van der Waals surface area contributed by atoms with Gasteiger partial charge in [0, 0.05) is 12.2 Å². The SMILES string of the molecule is N#Cc1ncc(N2C(=O)C3(CCC3)N(c3ccc(C(=O)NCCc4ccccc4)c(F)c3)C2S)cc1C(F)(F)F. The first-order valence-corrected chi connectivity index (χ1v) is 13.0. The molecule has 0 radical (unpaired) electrons. The van der Waals surface area contributed by atoms with E-state index in [9.17, 15) is 22.8 Å². The molecule has 1 aliphatic carbocycles. The zero-order valence-electron chi connectivity index (χ0n) is 21.0. The van der Waals surface area contributed by atoms with Crippen molar-refractivity contribution in [2.45, 2.75) is 42.9 Å². The van der Waals surface area contributed by atoms with Crippen LogP contribution in [-0.4, -0.2) is 34.4 Å². The van der Waals surface area contributed by atoms with Crippen molar-refractivity contribution in [1.82, 2.24) is 10.3 Å². The molecule has 1 N–H and O–H groups in total. The minimum atomic E-state index is -4.86. The summed E-state index contributed by atoms with van der Waals surface area (Å²) in [4.78, 5) is 32.5. The van der Waals surface area contributed by atoms with Crippen molar-refractivity contribution in [3.05, 3.63) is 89.0 Å². The van der Waals surface area contributed by atoms with Gasteiger partial charge in [-0.1, -0.05) is 30.3 Å². The van der Waals surface area contributed by atoms with Gasteiger partial charge < -0.3 is 10.2 Å². The molecule has 1 saturated heterocycles. The maximum absolute atomic E-state index is 15.2. The van der Waals surface area contributed by atoms with Crippen LogP contribution in [0.15, 0.2) is 60.8 Å². The fraction of sp³-hybridized carbons (Fsp3) is 0.286. The fourth-order valence-electron chi connectivity index (χ4n) is 5.16. The molecule has 12 heteroatoms. The second kappa shape index (κ2) is 10.5. The zero-order valence-corrected chi connectivity index (χ0v) is 21.8. The minimum absolute atomic E-state index is 0.177. The number of nitrogens with zero attached hydrogens (tertiary/aromatic N) is 4. The summed E-state index contributed by atoms with van der Waals surface area (Å²) in [6, 6.07) is 15.6. The Morgan fingerprint density at radius 1 is 1.15 bits per heavy atom. The summed E-state index contributed by atoms with van der Waals surface area (Å²) in [6.45, 7) is 0.306. The van der Waals surface area contributed by atoms with E-state index in [0.717, 1.165) is 22.7 Å². The molecule has 40 heavy (non-hydrogen) atoms. The average Bonchev–Trinajstić information content (AvgIpc) is 3.14. The molecule has 2 fully saturated rings. The molecule has 7 nitrogen and oxygen atoms in total. The lowest BCUT2D eigenvalue weighted by Gasteiger charge is -2.44. The van der Waals surface area contributed by atoms with E-state index in [1.54, 1.807) is 4.90 Å². The van der Waals surface area contributed by atoms with Crippen LogP contribution in [0.2, 0.25) is 0 Å². The van der Waals surface area contributed by atoms with Gasteiger partial charge in [0.1, 0.15) is 17.4 Å². The first-order chi connectivity index (χ1) is 19.1. The second-order valence-corrected chi connectivity index (χ2v) is 10.1. The number of carbonyl (C=O) groups is 2. The normalized spacial score (nSPS) is 18.0. The lowest BCUT2D eigenvalue weighted by Crippen LogP contribution is -2.55. The van der Waals surface area contributed by atoms with Crippen molar-refractivity contribution in [1.29, 1.82) is 5.26 Å². The van der Waals surface area contributed by atoms with Gasteiger partial charge in [-0.2, -0.15) is 18.4 Å². The van der Waals surface area contributed by atoms with E-state index >= 15 is 4.39 Å². The highest BCUT2D eigenvalue weighted by Gasteiger charge is 2.60. The molecule has 0 bridgehead atoms. The van der Waals surface area contributed by atoms with Crippen molar-refractivity contribution in [3.63, 3.8) is 0 Å². The van der Waals surface area contributed by atoms with Gasteiger partial charge in [-0.3, -0.25) is 14.5 Å². The van der Waals surface area contributed by atoms with Crippen molar-refractivity contribution in [3.8, 4) is 6.07 Å². The van der Waals surface area contributed by atoms with Gasteiger partial charge in [-0.25, -0.2) is 9.37 Å². The molecule has 206 valence electrons. The van der Waals surface area contributed by atoms with Crippen LogP contribution in [0.25, 0.3) is 0 Å². The monoisotopic (exact) mass is 569 g/mol. The van der Waals surface area contributed by atoms with E-state index in [0.29, 0.717) is 38.3 Å². The van der Waals surface area contributed by atoms with E-state index in [4.69, 9.17) is 5.26 Å². The maximum atomic E-state index is 15.2. The highest BCUT2D eigenvalue weighted by atomic mass is 32.1. The Morgan fingerprint density at radius 2 is 1.88 bits per heavy atom. The molecular weight excluding hydrogens is 546 g/mol. The molecular formula is C28H23F4N5O2S. The summed E-state index contributed by atoms with van der Waals surface area (Å²) in [6.07, 6.45) is -1.81. The standard InChI is InChI=1S/C28H23F4N5O2S/c29-22-14-18(7-8-20(22)24(38)34-12-9-17-5-2-1-3-6-17)37-26(40)36(25(39)27(37)10-4-11-27)19-13-21(28(30,31)32)23(15-33)35-16-19/h1-3,5-8,13-14,16,26,40H,4,9-12H2,(H,34,38). The Kier molecular flexibility index (Phi) is 7.18. The van der Waals surface area contributed by atoms with E-state index in [-0.39, 0.29) is 16.9 Å². The number of carbonyl (C=O) groups excluding carboxylic acids is 2. The summed E-state index contributed by atoms with van der Waals surface area (Å²) in [5.41, 5.74) is -3.38. The third kappa shape index (κ3) is 4.75. The number of benzene rings is 2. The van der Waals surface area contributed by atoms with Crippen LogP contribution >= 0.6 is 12.6 Å². The number of nitrogens with one attached hydrogen (secondary N) is 1. The van der Waals surface area contributed by atoms with E-state index < -0.39 is 46.1 Å². The minimum Gasteiger partial charge on any atom is -0.352 e. The van der Waals surface area contributed by atoms with Crippen molar-refractivity contribution in [2.75, 3.05) is 16.3 Å². The van der Waals surface area contributed by atoms with Crippen molar-refractivity contribution in [2.24, 2.45) is 0 Å². The van der Waals surface area contributed by atoms with Gasteiger partial charge >= 0.3 is 6.18 Å². The van der Waals surface area contributed by atoms with Crippen molar-refractivity contribution >= 4 is 35.8 Å². The molecule has 1 unspecified atom stereocenters. The number of rotatable bonds is 6. The lowest BCUT2D eigenvalue weighted by atomic mass is 9.75. The molecule has 1 saturated carbocycles. The molecule has 5 rings (SSSR count). The lowest BCUT2D eigenvalue weighted by molar-refractivity contribution is -0.138. The topological polar surface area (TPSA) is 89.3 Å². The summed E-state index contributed by atoms with van der Waals surface area (Å²) >= 11 is 4.56. The number of halogens is 4. The van der Waals surface area contributed by atoms with Gasteiger partial charge in [-0.15, -0.1) is 12.6 Å². The Bertz CT molecular complexity index is 1500. The molecule has 2 aliphatic rings. The molecule has 2 aromatic carbocycles. The molecule has 3 aromatic rings. The van der Waals surface area contributed by atoms with Gasteiger partial charge in [-0.05, 0) is 55.5 Å². The Hall–Kier alpha value is -4.11. The predicted molar refractivity (Wildman–Crippen MR) is 142 cm³/mol. The number of anilines is 2. The predicted octanol–water partition coefficient (Wildman–Crippen LogP) is 5.07. The number of alkyl halides is 3. The number of hydrogen-bond donors (Lipinski definition) is 2. The fourth-order valence-corrected chi connectivity index (χ4v) is 5.75. The number of nitriles is 1. The summed E-state index contributed by atoms with van der Waals surface area (Å²) in [7, 11) is 0. The van der Waals surface area contributed by atoms with Gasteiger partial charge in [0.05, 0.1) is 23.0 Å². The first kappa shape index (κ1) is 27.5. The van der Waals surface area contributed by atoms with Crippen LogP contribution in [0.4, 0.5) is 28.9 Å². The Morgan fingerprint density at radius 3 is 2.48 bits per heavy atom. The summed E-state index contributed by atoms with van der Waals surface area (Å²) in [5.74, 6) is -1.90. The number of hydrogen-bond acceptors (Lipinski definition) is 6. The summed E-state index contributed by atoms with van der Waals surface area (Å²) in [5, 5.41) is 11.8. The van der Waals surface area contributed by atoms with Gasteiger partial charge in [0.15, 0.2) is 11.2 Å². The second-order valence-electron chi connectivity index (χ2n) is 9.63. The maximum Gasteiger partial charge on any atom is 0.419 e. The first-order valence-electron chi connectivity index (χ1n) is 12.5. The quantitative estimate of drug-likeness (QED) is 0.320. The van der Waals surface area contributed by atoms with Crippen LogP contribution in [0.5, 0.6) is 0 Å². The third-order valence-corrected chi connectivity index (χ3v) is 7.76. The Balaban J connectivity index is 1.41. The molecule has 1 spiro atoms. The molecule has 2 heterocycles. The molecule has 2 amide bonds. The van der Waals surface area contributed by atoms with Crippen LogP contribution in [0, 0.1) is 17.1 Å². The Labute approximate surface area is 232 Å². The highest BCUT2D eigenvalue weighted by molar-refractivity contribution is 7.81. The van der Waals surface area contributed by atoms with E-state index in [2.05, 4.69) is 22.9 Å². The zero-order chi connectivity index (χ0) is 28.7. The van der Waals surface area contributed by atoms with Crippen molar-refractivity contribution < 1.29 is 27.2 Å². The number of pyridine rings is 1. The number of thiol groups is 1. The van der Waals surface area contributed by atoms with Crippen LogP contribution in [0.3, 0.4) is 0 Å². The molecule has 1 aromatic heterocycles. The van der Waals surface area contributed by atoms with Crippen LogP contribution in [-0.2, 0) is 17.4 Å². The number of amides is 2. The average molecular weight is 570 g/mol. The van der Waals surface area contributed by atoms with Crippen LogP contribution in [0.1, 0.15) is 46.4 Å².